The van der Waals surface area contributed by atoms with Gasteiger partial charge in [0.2, 0.25) is 0 Å². The number of rotatable bonds is 4. The molecule has 9 heteroatoms. The number of cyclic esters (lactones) is 1. The fourth-order valence-corrected chi connectivity index (χ4v) is 9.75. The molecule has 6 rings (SSSR count). The number of thioether (sulfide) groups is 1. The summed E-state index contributed by atoms with van der Waals surface area (Å²) in [7, 11) is 0. The van der Waals surface area contributed by atoms with Crippen molar-refractivity contribution < 1.29 is 38.1 Å². The molecule has 0 aromatic heterocycles. The number of hydrogen-bond acceptors (Lipinski definition) is 8. The van der Waals surface area contributed by atoms with Gasteiger partial charge >= 0.3 is 5.97 Å². The fraction of sp³-hybridized carbons (Fsp3) is 0.750. The van der Waals surface area contributed by atoms with Crippen LogP contribution >= 0.6 is 11.8 Å². The van der Waals surface area contributed by atoms with Crippen LogP contribution in [0.15, 0.2) is 23.8 Å². The molecule has 2 saturated heterocycles. The summed E-state index contributed by atoms with van der Waals surface area (Å²) in [4.78, 5) is 38.2. The Morgan fingerprint density at radius 3 is 2.65 bits per heavy atom. The van der Waals surface area contributed by atoms with Gasteiger partial charge in [-0.15, -0.1) is 11.8 Å². The number of hydrogen-bond donors (Lipinski definition) is 1. The van der Waals surface area contributed by atoms with E-state index in [-0.39, 0.29) is 40.9 Å². The van der Waals surface area contributed by atoms with E-state index in [4.69, 9.17) is 14.2 Å². The van der Waals surface area contributed by atoms with Gasteiger partial charge in [-0.25, -0.2) is 4.39 Å². The maximum Gasteiger partial charge on any atom is 0.319 e. The van der Waals surface area contributed by atoms with Crippen LogP contribution in [0.4, 0.5) is 4.39 Å². The van der Waals surface area contributed by atoms with E-state index in [1.165, 1.54) is 23.9 Å². The van der Waals surface area contributed by atoms with E-state index in [1.54, 1.807) is 26.8 Å². The Morgan fingerprint density at radius 2 is 1.95 bits per heavy atom. The Balaban J connectivity index is 1.38. The van der Waals surface area contributed by atoms with Crippen LogP contribution in [0.25, 0.3) is 0 Å². The topological polar surface area (TPSA) is 99.1 Å². The van der Waals surface area contributed by atoms with Crippen LogP contribution in [0.1, 0.15) is 59.8 Å². The summed E-state index contributed by atoms with van der Waals surface area (Å²) >= 11 is 1.26. The van der Waals surface area contributed by atoms with Crippen molar-refractivity contribution in [3.8, 4) is 0 Å². The molecule has 202 valence electrons. The lowest BCUT2D eigenvalue weighted by molar-refractivity contribution is -0.245. The monoisotopic (exact) mass is 534 g/mol. The van der Waals surface area contributed by atoms with Crippen molar-refractivity contribution >= 4 is 29.3 Å². The lowest BCUT2D eigenvalue weighted by Gasteiger charge is -2.62. The third-order valence-electron chi connectivity index (χ3n) is 10.4. The van der Waals surface area contributed by atoms with E-state index >= 15 is 4.39 Å². The molecule has 3 saturated carbocycles. The second-order valence-electron chi connectivity index (χ2n) is 12.5. The van der Waals surface area contributed by atoms with E-state index < -0.39 is 46.0 Å². The number of carbonyl (C=O) groups excluding carboxylic acids is 3. The predicted octanol–water partition coefficient (Wildman–Crippen LogP) is 3.48. The number of esters is 1. The minimum Gasteiger partial charge on any atom is -0.465 e. The Kier molecular flexibility index (Phi) is 5.55. The normalized spacial score (nSPS) is 49.6. The van der Waals surface area contributed by atoms with E-state index in [0.717, 1.165) is 5.57 Å². The molecule has 2 aliphatic heterocycles. The molecule has 7 nitrogen and oxygen atoms in total. The molecule has 1 unspecified atom stereocenters. The van der Waals surface area contributed by atoms with Gasteiger partial charge < -0.3 is 19.3 Å². The Labute approximate surface area is 220 Å². The predicted molar refractivity (Wildman–Crippen MR) is 133 cm³/mol. The fourth-order valence-electron chi connectivity index (χ4n) is 8.72. The summed E-state index contributed by atoms with van der Waals surface area (Å²) in [5, 5.41) is 11.2. The SMILES string of the molecule is CC1(C)O[C@@H]2C[C@H]3[C@@H]4CCC5=CC(=O)C=C[C@]5(C)[C@@]4(F)[C@@H](O)C[C@]3(C)[C@]2(C(=O)CSC2CCOC2=O)O1. The number of carbonyl (C=O) groups is 3. The first-order chi connectivity index (χ1) is 17.3. The molecule has 1 N–H and O–H groups in total. The quantitative estimate of drug-likeness (QED) is 0.548. The van der Waals surface area contributed by atoms with Crippen molar-refractivity contribution in [3.05, 3.63) is 23.8 Å². The molecular weight excluding hydrogens is 499 g/mol. The van der Waals surface area contributed by atoms with Gasteiger partial charge in [-0.1, -0.05) is 18.6 Å². The molecule has 4 aliphatic carbocycles. The van der Waals surface area contributed by atoms with Crippen LogP contribution < -0.4 is 0 Å². The van der Waals surface area contributed by atoms with Crippen molar-refractivity contribution in [1.82, 2.24) is 0 Å². The van der Waals surface area contributed by atoms with Crippen molar-refractivity contribution in [3.63, 3.8) is 0 Å². The molecule has 2 heterocycles. The van der Waals surface area contributed by atoms with Gasteiger partial charge in [-0.3, -0.25) is 14.4 Å². The van der Waals surface area contributed by atoms with Crippen LogP contribution in [0, 0.1) is 22.7 Å². The molecule has 0 bridgehead atoms. The number of fused-ring (bicyclic) bond motifs is 7. The first kappa shape index (κ1) is 25.7. The first-order valence-corrected chi connectivity index (χ1v) is 14.3. The molecule has 0 aromatic rings. The molecule has 6 aliphatic rings. The highest BCUT2D eigenvalue weighted by Gasteiger charge is 2.80. The standard InChI is InChI=1S/C28H35FO7S/c1-24(2)35-22-12-18-17-6-5-15-11-16(30)7-9-25(15,3)27(17,29)20(31)13-26(18,4)28(22,36-24)21(32)14-37-19-8-10-34-23(19)33/h7,9,11,17-20,22,31H,5-6,8,10,12-14H2,1-4H3/t17-,18-,19?,20-,22+,25-,26-,27-,28+/m0/s1. The Hall–Kier alpha value is -1.55. The van der Waals surface area contributed by atoms with Crippen LogP contribution in [-0.2, 0) is 28.6 Å². The highest BCUT2D eigenvalue weighted by atomic mass is 32.2. The number of ether oxygens (including phenoxy) is 3. The highest BCUT2D eigenvalue weighted by molar-refractivity contribution is 8.01. The number of aliphatic hydroxyl groups is 1. The summed E-state index contributed by atoms with van der Waals surface area (Å²) in [5.41, 5.74) is -4.59. The first-order valence-electron chi connectivity index (χ1n) is 13.3. The van der Waals surface area contributed by atoms with E-state index in [2.05, 4.69) is 0 Å². The van der Waals surface area contributed by atoms with Gasteiger partial charge in [0.05, 0.1) is 24.6 Å². The molecule has 0 aromatic carbocycles. The number of Topliss-reactive ketones (excluding diaryl/α,β-unsaturated/α-hetero) is 1. The summed E-state index contributed by atoms with van der Waals surface area (Å²) < 4.78 is 35.4. The Morgan fingerprint density at radius 1 is 1.19 bits per heavy atom. The van der Waals surface area contributed by atoms with Gasteiger partial charge in [-0.2, -0.15) is 0 Å². The molecule has 0 radical (unpaired) electrons. The molecule has 0 amide bonds. The summed E-state index contributed by atoms with van der Waals surface area (Å²) in [6, 6.07) is 0. The van der Waals surface area contributed by atoms with Crippen molar-refractivity contribution in [1.29, 1.82) is 0 Å². The lowest BCUT2D eigenvalue weighted by atomic mass is 9.44. The van der Waals surface area contributed by atoms with E-state index in [1.807, 2.05) is 6.92 Å². The van der Waals surface area contributed by atoms with Gasteiger partial charge in [0.1, 0.15) is 5.25 Å². The number of allylic oxidation sites excluding steroid dienone is 4. The number of halogens is 1. The zero-order chi connectivity index (χ0) is 26.6. The maximum atomic E-state index is 17.4. The zero-order valence-electron chi connectivity index (χ0n) is 21.8. The van der Waals surface area contributed by atoms with Crippen LogP contribution in [0.3, 0.4) is 0 Å². The number of alkyl halides is 1. The third kappa shape index (κ3) is 3.20. The van der Waals surface area contributed by atoms with E-state index in [9.17, 15) is 19.5 Å². The second kappa shape index (κ2) is 7.99. The van der Waals surface area contributed by atoms with Crippen LogP contribution in [0.5, 0.6) is 0 Å². The molecular formula is C28H35FO7S. The summed E-state index contributed by atoms with van der Waals surface area (Å²) in [5.74, 6) is -2.41. The number of ketones is 2. The average Bonchev–Trinajstić information content (AvgIpc) is 3.42. The average molecular weight is 535 g/mol. The molecule has 0 spiro atoms. The van der Waals surface area contributed by atoms with Crippen molar-refractivity contribution in [2.24, 2.45) is 22.7 Å². The lowest BCUT2D eigenvalue weighted by Crippen LogP contribution is -2.69. The van der Waals surface area contributed by atoms with Gasteiger partial charge in [0, 0.05) is 23.2 Å². The molecule has 9 atom stereocenters. The zero-order valence-corrected chi connectivity index (χ0v) is 22.6. The van der Waals surface area contributed by atoms with Crippen molar-refractivity contribution in [2.75, 3.05) is 12.4 Å². The largest absolute Gasteiger partial charge is 0.465 e. The molecule has 5 fully saturated rings. The van der Waals surface area contributed by atoms with Crippen molar-refractivity contribution in [2.45, 2.75) is 94.3 Å². The van der Waals surface area contributed by atoms with Crippen LogP contribution in [0.2, 0.25) is 0 Å². The Bertz CT molecular complexity index is 1130. The number of aliphatic hydroxyl groups excluding tert-OH is 1. The minimum atomic E-state index is -1.99. The molecule has 37 heavy (non-hydrogen) atoms. The van der Waals surface area contributed by atoms with Gasteiger partial charge in [0.25, 0.3) is 0 Å². The third-order valence-corrected chi connectivity index (χ3v) is 11.6. The van der Waals surface area contributed by atoms with E-state index in [0.29, 0.717) is 32.3 Å². The summed E-state index contributed by atoms with van der Waals surface area (Å²) in [6.07, 6.45) is 4.69. The minimum absolute atomic E-state index is 0.0349. The highest BCUT2D eigenvalue weighted by Crippen LogP contribution is 2.72. The second-order valence-corrected chi connectivity index (χ2v) is 13.7. The van der Waals surface area contributed by atoms with Crippen LogP contribution in [-0.4, -0.2) is 69.5 Å². The maximum absolute atomic E-state index is 17.4. The summed E-state index contributed by atoms with van der Waals surface area (Å²) in [6.45, 7) is 7.64. The smallest absolute Gasteiger partial charge is 0.319 e. The van der Waals surface area contributed by atoms with Gasteiger partial charge in [-0.05, 0) is 64.5 Å². The van der Waals surface area contributed by atoms with Gasteiger partial charge in [0.15, 0.2) is 28.6 Å².